The molecule has 0 unspecified atom stereocenters. The van der Waals surface area contributed by atoms with Gasteiger partial charge in [0.15, 0.2) is 0 Å². The van der Waals surface area contributed by atoms with Gasteiger partial charge >= 0.3 is 0 Å². The normalized spacial score (nSPS) is 11.8. The Hall–Kier alpha value is -3.35. The van der Waals surface area contributed by atoms with Crippen molar-refractivity contribution in [3.63, 3.8) is 0 Å². The Labute approximate surface area is 155 Å². The van der Waals surface area contributed by atoms with Gasteiger partial charge in [0, 0.05) is 29.2 Å². The van der Waals surface area contributed by atoms with E-state index in [4.69, 9.17) is 0 Å². The molecule has 2 heterocycles. The van der Waals surface area contributed by atoms with E-state index in [1.807, 2.05) is 0 Å². The van der Waals surface area contributed by atoms with Crippen molar-refractivity contribution in [2.75, 3.05) is 0 Å². The molecule has 1 atom stereocenters. The van der Waals surface area contributed by atoms with Crippen molar-refractivity contribution in [2.45, 2.75) is 26.3 Å². The smallest absolute Gasteiger partial charge is 0.255 e. The lowest BCUT2D eigenvalue weighted by Crippen LogP contribution is -2.31. The molecule has 6 nitrogen and oxygen atoms in total. The van der Waals surface area contributed by atoms with E-state index in [2.05, 4.69) is 20.3 Å². The number of carbonyl (C=O) groups is 1. The largest absolute Gasteiger partial charge is 0.349 e. The third kappa shape index (κ3) is 4.44. The first-order chi connectivity index (χ1) is 12.9. The summed E-state index contributed by atoms with van der Waals surface area (Å²) >= 11 is 0. The van der Waals surface area contributed by atoms with Crippen LogP contribution < -0.4 is 10.9 Å². The van der Waals surface area contributed by atoms with Gasteiger partial charge in [0.2, 0.25) is 5.91 Å². The maximum absolute atomic E-state index is 13.3. The number of hydrogen-bond acceptors (Lipinski definition) is 4. The molecule has 0 saturated heterocycles. The molecule has 0 saturated carbocycles. The molecule has 2 aromatic heterocycles. The first kappa shape index (κ1) is 18.4. The second-order valence-corrected chi connectivity index (χ2v) is 6.24. The van der Waals surface area contributed by atoms with E-state index in [0.29, 0.717) is 22.6 Å². The standard InChI is InChI=1S/C20H19FN4O2/c1-12(15-4-3-5-16(21)10-15)23-18(26)11-17-13(2)24-19(25-20(17)27)14-6-8-22-9-7-14/h3-10,12H,11H2,1-2H3,(H,23,26)(H,24,25,27)/t12-/m1/s1. The summed E-state index contributed by atoms with van der Waals surface area (Å²) in [6, 6.07) is 9.14. The number of aromatic amines is 1. The molecule has 3 rings (SSSR count). The molecule has 0 radical (unpaired) electrons. The average molecular weight is 366 g/mol. The second kappa shape index (κ2) is 7.90. The highest BCUT2D eigenvalue weighted by Gasteiger charge is 2.16. The molecular weight excluding hydrogens is 347 g/mol. The van der Waals surface area contributed by atoms with Crippen molar-refractivity contribution in [2.24, 2.45) is 0 Å². The van der Waals surface area contributed by atoms with Crippen LogP contribution >= 0.6 is 0 Å². The first-order valence-electron chi connectivity index (χ1n) is 8.49. The number of nitrogens with zero attached hydrogens (tertiary/aromatic N) is 2. The summed E-state index contributed by atoms with van der Waals surface area (Å²) in [6.07, 6.45) is 3.12. The predicted molar refractivity (Wildman–Crippen MR) is 99.5 cm³/mol. The summed E-state index contributed by atoms with van der Waals surface area (Å²) in [4.78, 5) is 35.8. The molecule has 1 amide bonds. The molecule has 0 aliphatic rings. The van der Waals surface area contributed by atoms with Crippen molar-refractivity contribution in [1.82, 2.24) is 20.3 Å². The Morgan fingerprint density at radius 3 is 2.67 bits per heavy atom. The molecular formula is C20H19FN4O2. The highest BCUT2D eigenvalue weighted by atomic mass is 19.1. The minimum atomic E-state index is -0.378. The summed E-state index contributed by atoms with van der Waals surface area (Å²) in [7, 11) is 0. The van der Waals surface area contributed by atoms with E-state index < -0.39 is 0 Å². The van der Waals surface area contributed by atoms with Gasteiger partial charge in [-0.15, -0.1) is 0 Å². The SMILES string of the molecule is Cc1nc(-c2ccncc2)[nH]c(=O)c1CC(=O)N[C@H](C)c1cccc(F)c1. The van der Waals surface area contributed by atoms with Crippen LogP contribution in [0.15, 0.2) is 53.6 Å². The van der Waals surface area contributed by atoms with Gasteiger partial charge in [0.05, 0.1) is 12.5 Å². The number of benzene rings is 1. The number of H-pyrrole nitrogens is 1. The summed E-state index contributed by atoms with van der Waals surface area (Å²) in [5, 5.41) is 2.78. The van der Waals surface area contributed by atoms with E-state index in [1.165, 1.54) is 12.1 Å². The molecule has 0 spiro atoms. The highest BCUT2D eigenvalue weighted by molar-refractivity contribution is 5.79. The van der Waals surface area contributed by atoms with Gasteiger partial charge in [-0.2, -0.15) is 0 Å². The van der Waals surface area contributed by atoms with Crippen molar-refractivity contribution >= 4 is 5.91 Å². The molecule has 3 aromatic rings. The lowest BCUT2D eigenvalue weighted by molar-refractivity contribution is -0.121. The topological polar surface area (TPSA) is 87.7 Å². The number of carbonyl (C=O) groups excluding carboxylic acids is 1. The predicted octanol–water partition coefficient (Wildman–Crippen LogP) is 2.70. The van der Waals surface area contributed by atoms with Crippen LogP contribution in [0.5, 0.6) is 0 Å². The van der Waals surface area contributed by atoms with Gasteiger partial charge in [-0.25, -0.2) is 9.37 Å². The van der Waals surface area contributed by atoms with E-state index in [0.717, 1.165) is 5.56 Å². The van der Waals surface area contributed by atoms with Crippen LogP contribution in [0.25, 0.3) is 11.4 Å². The number of hydrogen-bond donors (Lipinski definition) is 2. The van der Waals surface area contributed by atoms with Crippen molar-refractivity contribution in [3.8, 4) is 11.4 Å². The van der Waals surface area contributed by atoms with Crippen molar-refractivity contribution in [1.29, 1.82) is 0 Å². The Morgan fingerprint density at radius 2 is 2.00 bits per heavy atom. The minimum absolute atomic E-state index is 0.107. The molecule has 7 heteroatoms. The summed E-state index contributed by atoms with van der Waals surface area (Å²) in [5.41, 5.74) is 1.82. The fraction of sp³-hybridized carbons (Fsp3) is 0.200. The maximum atomic E-state index is 13.3. The van der Waals surface area contributed by atoms with Crippen LogP contribution in [-0.4, -0.2) is 20.9 Å². The molecule has 1 aromatic carbocycles. The Bertz CT molecular complexity index is 1020. The number of aromatic nitrogens is 3. The zero-order chi connectivity index (χ0) is 19.4. The van der Waals surface area contributed by atoms with Crippen LogP contribution in [-0.2, 0) is 11.2 Å². The molecule has 2 N–H and O–H groups in total. The van der Waals surface area contributed by atoms with Gasteiger partial charge in [0.1, 0.15) is 11.6 Å². The average Bonchev–Trinajstić information content (AvgIpc) is 2.65. The number of rotatable bonds is 5. The Kier molecular flexibility index (Phi) is 5.40. The lowest BCUT2D eigenvalue weighted by Gasteiger charge is -2.15. The number of halogens is 1. The molecule has 0 fully saturated rings. The Balaban J connectivity index is 1.75. The van der Waals surface area contributed by atoms with Crippen LogP contribution in [0.2, 0.25) is 0 Å². The van der Waals surface area contributed by atoms with Gasteiger partial charge in [0.25, 0.3) is 5.56 Å². The maximum Gasteiger partial charge on any atom is 0.255 e. The fourth-order valence-electron chi connectivity index (χ4n) is 2.78. The minimum Gasteiger partial charge on any atom is -0.349 e. The molecule has 0 bridgehead atoms. The van der Waals surface area contributed by atoms with Crippen LogP contribution in [0.1, 0.15) is 29.8 Å². The first-order valence-corrected chi connectivity index (χ1v) is 8.49. The number of nitrogens with one attached hydrogen (secondary N) is 2. The highest BCUT2D eigenvalue weighted by Crippen LogP contribution is 2.15. The van der Waals surface area contributed by atoms with Gasteiger partial charge in [-0.1, -0.05) is 12.1 Å². The van der Waals surface area contributed by atoms with Crippen LogP contribution in [0.3, 0.4) is 0 Å². The third-order valence-corrected chi connectivity index (χ3v) is 4.24. The summed E-state index contributed by atoms with van der Waals surface area (Å²) in [5.74, 6) is -0.271. The molecule has 0 aliphatic heterocycles. The number of pyridine rings is 1. The van der Waals surface area contributed by atoms with Crippen LogP contribution in [0, 0.1) is 12.7 Å². The van der Waals surface area contributed by atoms with E-state index in [1.54, 1.807) is 50.5 Å². The number of aryl methyl sites for hydroxylation is 1. The lowest BCUT2D eigenvalue weighted by atomic mass is 10.1. The zero-order valence-electron chi connectivity index (χ0n) is 15.0. The van der Waals surface area contributed by atoms with E-state index >= 15 is 0 Å². The van der Waals surface area contributed by atoms with Crippen molar-refractivity contribution < 1.29 is 9.18 Å². The van der Waals surface area contributed by atoms with Gasteiger partial charge < -0.3 is 10.3 Å². The fourth-order valence-corrected chi connectivity index (χ4v) is 2.78. The molecule has 27 heavy (non-hydrogen) atoms. The number of amides is 1. The van der Waals surface area contributed by atoms with Gasteiger partial charge in [-0.3, -0.25) is 14.6 Å². The molecule has 0 aliphatic carbocycles. The van der Waals surface area contributed by atoms with Crippen molar-refractivity contribution in [3.05, 3.63) is 81.8 Å². The quantitative estimate of drug-likeness (QED) is 0.727. The Morgan fingerprint density at radius 1 is 1.26 bits per heavy atom. The second-order valence-electron chi connectivity index (χ2n) is 6.24. The van der Waals surface area contributed by atoms with Gasteiger partial charge in [-0.05, 0) is 43.7 Å². The monoisotopic (exact) mass is 366 g/mol. The van der Waals surface area contributed by atoms with E-state index in [9.17, 15) is 14.0 Å². The summed E-state index contributed by atoms with van der Waals surface area (Å²) < 4.78 is 13.3. The van der Waals surface area contributed by atoms with E-state index in [-0.39, 0.29) is 29.7 Å². The zero-order valence-corrected chi connectivity index (χ0v) is 15.0. The van der Waals surface area contributed by atoms with Crippen LogP contribution in [0.4, 0.5) is 4.39 Å². The summed E-state index contributed by atoms with van der Waals surface area (Å²) in [6.45, 7) is 3.45. The third-order valence-electron chi connectivity index (χ3n) is 4.24. The molecule has 138 valence electrons.